The fraction of sp³-hybridized carbons (Fsp3) is 0.118. The van der Waals surface area contributed by atoms with Crippen molar-refractivity contribution >= 4 is 29.0 Å². The lowest BCUT2D eigenvalue weighted by Gasteiger charge is -2.12. The molecular formula is C17H10ClF3N2O2. The molecule has 1 unspecified atom stereocenters. The molecule has 8 heteroatoms. The molecule has 0 saturated heterocycles. The first-order valence-corrected chi connectivity index (χ1v) is 7.28. The number of nitriles is 1. The maximum absolute atomic E-state index is 12.7. The normalized spacial score (nSPS) is 12.1. The van der Waals surface area contributed by atoms with Crippen LogP contribution in [0.4, 0.5) is 18.9 Å². The van der Waals surface area contributed by atoms with Crippen LogP contribution in [0.5, 0.6) is 0 Å². The third-order valence-corrected chi connectivity index (χ3v) is 3.62. The first kappa shape index (κ1) is 18.5. The van der Waals surface area contributed by atoms with Crippen LogP contribution in [0.25, 0.3) is 0 Å². The summed E-state index contributed by atoms with van der Waals surface area (Å²) in [6.45, 7) is 0. The van der Waals surface area contributed by atoms with E-state index in [9.17, 15) is 28.0 Å². The van der Waals surface area contributed by atoms with Crippen molar-refractivity contribution in [1.29, 1.82) is 5.26 Å². The average Bonchev–Trinajstić information content (AvgIpc) is 2.56. The highest BCUT2D eigenvalue weighted by Crippen LogP contribution is 2.31. The molecule has 0 spiro atoms. The number of Topliss-reactive ketones (excluding diaryl/α,β-unsaturated/α-hetero) is 1. The van der Waals surface area contributed by atoms with Gasteiger partial charge in [-0.05, 0) is 29.8 Å². The van der Waals surface area contributed by atoms with E-state index in [0.717, 1.165) is 12.1 Å². The number of anilines is 1. The summed E-state index contributed by atoms with van der Waals surface area (Å²) in [5, 5.41) is 11.4. The van der Waals surface area contributed by atoms with E-state index in [4.69, 9.17) is 11.6 Å². The standard InChI is InChI=1S/C17H10ClF3N2O2/c18-14-7-2-1-6-12(14)13(9-22)15(24)16(25)23-11-5-3-4-10(8-11)17(19,20)21/h1-8,13H,(H,23,25). The zero-order valence-corrected chi connectivity index (χ0v) is 13.2. The van der Waals surface area contributed by atoms with E-state index >= 15 is 0 Å². The molecule has 2 aromatic carbocycles. The molecule has 0 heterocycles. The molecule has 0 radical (unpaired) electrons. The molecule has 0 aliphatic carbocycles. The number of carbonyl (C=O) groups excluding carboxylic acids is 2. The van der Waals surface area contributed by atoms with Crippen molar-refractivity contribution in [2.45, 2.75) is 12.1 Å². The first-order valence-electron chi connectivity index (χ1n) is 6.90. The quantitative estimate of drug-likeness (QED) is 0.825. The maximum atomic E-state index is 12.7. The van der Waals surface area contributed by atoms with E-state index in [2.05, 4.69) is 5.32 Å². The van der Waals surface area contributed by atoms with E-state index in [1.807, 2.05) is 0 Å². The monoisotopic (exact) mass is 366 g/mol. The zero-order valence-electron chi connectivity index (χ0n) is 12.5. The molecule has 0 saturated carbocycles. The number of benzene rings is 2. The Morgan fingerprint density at radius 3 is 2.40 bits per heavy atom. The molecule has 2 rings (SSSR count). The van der Waals surface area contributed by atoms with Crippen molar-refractivity contribution in [2.75, 3.05) is 5.32 Å². The van der Waals surface area contributed by atoms with E-state index in [0.29, 0.717) is 6.07 Å². The van der Waals surface area contributed by atoms with Gasteiger partial charge in [-0.2, -0.15) is 18.4 Å². The van der Waals surface area contributed by atoms with Gasteiger partial charge in [-0.15, -0.1) is 0 Å². The summed E-state index contributed by atoms with van der Waals surface area (Å²) < 4.78 is 38.0. The topological polar surface area (TPSA) is 70.0 Å². The lowest BCUT2D eigenvalue weighted by atomic mass is 9.95. The number of halogens is 4. The average molecular weight is 367 g/mol. The summed E-state index contributed by atoms with van der Waals surface area (Å²) >= 11 is 5.92. The fourth-order valence-corrected chi connectivity index (χ4v) is 2.32. The van der Waals surface area contributed by atoms with Crippen LogP contribution in [0.3, 0.4) is 0 Å². The van der Waals surface area contributed by atoms with Gasteiger partial charge in [-0.25, -0.2) is 0 Å². The molecule has 0 fully saturated rings. The Kier molecular flexibility index (Phi) is 5.45. The van der Waals surface area contributed by atoms with Crippen molar-refractivity contribution in [2.24, 2.45) is 0 Å². The van der Waals surface area contributed by atoms with E-state index in [1.54, 1.807) is 18.2 Å². The SMILES string of the molecule is N#CC(C(=O)C(=O)Nc1cccc(C(F)(F)F)c1)c1ccccc1Cl. The largest absolute Gasteiger partial charge is 0.416 e. The highest BCUT2D eigenvalue weighted by atomic mass is 35.5. The number of ketones is 1. The molecule has 128 valence electrons. The van der Waals surface area contributed by atoms with Crippen molar-refractivity contribution in [3.63, 3.8) is 0 Å². The van der Waals surface area contributed by atoms with Gasteiger partial charge >= 0.3 is 6.18 Å². The molecule has 0 bridgehead atoms. The Morgan fingerprint density at radius 2 is 1.80 bits per heavy atom. The van der Waals surface area contributed by atoms with Crippen LogP contribution in [0.2, 0.25) is 5.02 Å². The molecule has 0 aliphatic rings. The number of hydrogen-bond donors (Lipinski definition) is 1. The van der Waals surface area contributed by atoms with Gasteiger partial charge in [0.25, 0.3) is 5.91 Å². The molecule has 1 atom stereocenters. The van der Waals surface area contributed by atoms with Gasteiger partial charge in [-0.1, -0.05) is 35.9 Å². The van der Waals surface area contributed by atoms with Gasteiger partial charge in [0.1, 0.15) is 5.92 Å². The number of hydrogen-bond acceptors (Lipinski definition) is 3. The third-order valence-electron chi connectivity index (χ3n) is 3.28. The second kappa shape index (κ2) is 7.36. The van der Waals surface area contributed by atoms with Crippen LogP contribution in [-0.4, -0.2) is 11.7 Å². The second-order valence-corrected chi connectivity index (χ2v) is 5.39. The summed E-state index contributed by atoms with van der Waals surface area (Å²) in [7, 11) is 0. The van der Waals surface area contributed by atoms with Crippen molar-refractivity contribution in [3.05, 3.63) is 64.7 Å². The molecule has 4 nitrogen and oxygen atoms in total. The van der Waals surface area contributed by atoms with Gasteiger partial charge in [0.05, 0.1) is 11.6 Å². The van der Waals surface area contributed by atoms with Crippen molar-refractivity contribution in [3.8, 4) is 6.07 Å². The minimum Gasteiger partial charge on any atom is -0.319 e. The highest BCUT2D eigenvalue weighted by molar-refractivity contribution is 6.43. The number of alkyl halides is 3. The number of amides is 1. The number of rotatable bonds is 4. The van der Waals surface area contributed by atoms with Crippen LogP contribution in [-0.2, 0) is 15.8 Å². The Labute approximate surface area is 145 Å². The Balaban J connectivity index is 2.22. The predicted octanol–water partition coefficient (Wildman–Crippen LogP) is 4.17. The second-order valence-electron chi connectivity index (χ2n) is 4.98. The van der Waals surface area contributed by atoms with Crippen LogP contribution in [0, 0.1) is 11.3 Å². The Hall–Kier alpha value is -2.85. The minimum atomic E-state index is -4.59. The zero-order chi connectivity index (χ0) is 18.6. The van der Waals surface area contributed by atoms with E-state index < -0.39 is 29.3 Å². The maximum Gasteiger partial charge on any atom is 0.416 e. The lowest BCUT2D eigenvalue weighted by Crippen LogP contribution is -2.28. The van der Waals surface area contributed by atoms with Crippen molar-refractivity contribution in [1.82, 2.24) is 0 Å². The Bertz CT molecular complexity index is 859. The van der Waals surface area contributed by atoms with Crippen LogP contribution >= 0.6 is 11.6 Å². The van der Waals surface area contributed by atoms with Crippen molar-refractivity contribution < 1.29 is 22.8 Å². The summed E-state index contributed by atoms with van der Waals surface area (Å²) in [4.78, 5) is 24.2. The van der Waals surface area contributed by atoms with Crippen LogP contribution < -0.4 is 5.32 Å². The molecule has 25 heavy (non-hydrogen) atoms. The lowest BCUT2D eigenvalue weighted by molar-refractivity contribution is -0.137. The molecule has 0 aliphatic heterocycles. The van der Waals surface area contributed by atoms with Gasteiger partial charge < -0.3 is 5.32 Å². The smallest absolute Gasteiger partial charge is 0.319 e. The Morgan fingerprint density at radius 1 is 1.12 bits per heavy atom. The van der Waals surface area contributed by atoms with Crippen LogP contribution in [0.1, 0.15) is 17.0 Å². The molecule has 1 N–H and O–H groups in total. The minimum absolute atomic E-state index is 0.134. The highest BCUT2D eigenvalue weighted by Gasteiger charge is 2.31. The summed E-state index contributed by atoms with van der Waals surface area (Å²) in [6, 6.07) is 11.5. The van der Waals surface area contributed by atoms with E-state index in [-0.39, 0.29) is 16.3 Å². The number of nitrogens with one attached hydrogen (secondary N) is 1. The van der Waals surface area contributed by atoms with Gasteiger partial charge in [0.2, 0.25) is 5.78 Å². The molecule has 2 aromatic rings. The van der Waals surface area contributed by atoms with Gasteiger partial charge in [0.15, 0.2) is 0 Å². The van der Waals surface area contributed by atoms with Crippen LogP contribution in [0.15, 0.2) is 48.5 Å². The summed E-state index contributed by atoms with van der Waals surface area (Å²) in [5.41, 5.74) is -1.03. The van der Waals surface area contributed by atoms with Gasteiger partial charge in [0, 0.05) is 10.7 Å². The number of carbonyl (C=O) groups is 2. The van der Waals surface area contributed by atoms with E-state index in [1.165, 1.54) is 18.2 Å². The first-order chi connectivity index (χ1) is 11.7. The fourth-order valence-electron chi connectivity index (χ4n) is 2.08. The van der Waals surface area contributed by atoms with Gasteiger partial charge in [-0.3, -0.25) is 9.59 Å². The molecular weight excluding hydrogens is 357 g/mol. The predicted molar refractivity (Wildman–Crippen MR) is 84.9 cm³/mol. The summed E-state index contributed by atoms with van der Waals surface area (Å²) in [5.74, 6) is -3.78. The summed E-state index contributed by atoms with van der Waals surface area (Å²) in [6.07, 6.45) is -4.59. The molecule has 1 amide bonds. The molecule has 0 aromatic heterocycles. The third kappa shape index (κ3) is 4.37. The number of nitrogens with zero attached hydrogens (tertiary/aromatic N) is 1.